The highest BCUT2D eigenvalue weighted by molar-refractivity contribution is 4.57. The van der Waals surface area contributed by atoms with Crippen LogP contribution in [0.3, 0.4) is 0 Å². The summed E-state index contributed by atoms with van der Waals surface area (Å²) in [6.07, 6.45) is 0. The van der Waals surface area contributed by atoms with Crippen molar-refractivity contribution in [1.82, 2.24) is 0 Å². The fourth-order valence-electron chi connectivity index (χ4n) is 0.568. The molecule has 0 amide bonds. The second-order valence-corrected chi connectivity index (χ2v) is 3.28. The lowest BCUT2D eigenvalue weighted by Crippen LogP contribution is -2.23. The third-order valence-electron chi connectivity index (χ3n) is 0.990. The van der Waals surface area contributed by atoms with Crippen molar-refractivity contribution in [2.24, 2.45) is 0 Å². The van der Waals surface area contributed by atoms with Crippen molar-refractivity contribution in [2.45, 2.75) is 26.4 Å². The zero-order valence-corrected chi connectivity index (χ0v) is 7.55. The normalized spacial score (nSPS) is 12.0. The van der Waals surface area contributed by atoms with Crippen LogP contribution in [-0.2, 0) is 9.47 Å². The molecular formula is C8H17O3-. The Labute approximate surface area is 68.3 Å². The SMILES string of the molecule is CC(C)(C)OCCOCC[O-]. The Balaban J connectivity index is 3.02. The van der Waals surface area contributed by atoms with Gasteiger partial charge < -0.3 is 14.6 Å². The van der Waals surface area contributed by atoms with Gasteiger partial charge >= 0.3 is 0 Å². The lowest BCUT2D eigenvalue weighted by Gasteiger charge is -2.19. The summed E-state index contributed by atoms with van der Waals surface area (Å²) < 4.78 is 10.3. The van der Waals surface area contributed by atoms with Crippen LogP contribution in [0.5, 0.6) is 0 Å². The maximum atomic E-state index is 9.92. The zero-order chi connectivity index (χ0) is 8.74. The van der Waals surface area contributed by atoms with E-state index in [-0.39, 0.29) is 18.8 Å². The Morgan fingerprint density at radius 3 is 2.18 bits per heavy atom. The zero-order valence-electron chi connectivity index (χ0n) is 7.55. The average molecular weight is 161 g/mol. The molecule has 3 nitrogen and oxygen atoms in total. The van der Waals surface area contributed by atoms with E-state index in [1.54, 1.807) is 0 Å². The molecule has 0 atom stereocenters. The van der Waals surface area contributed by atoms with E-state index in [0.717, 1.165) is 0 Å². The minimum absolute atomic E-state index is 0.110. The number of rotatable bonds is 5. The minimum Gasteiger partial charge on any atom is -0.853 e. The molecule has 0 aliphatic carbocycles. The quantitative estimate of drug-likeness (QED) is 0.540. The molecule has 0 unspecified atom stereocenters. The first-order chi connectivity index (χ1) is 5.06. The van der Waals surface area contributed by atoms with Crippen LogP contribution in [0.1, 0.15) is 20.8 Å². The van der Waals surface area contributed by atoms with Crippen LogP contribution in [0.4, 0.5) is 0 Å². The molecule has 0 aromatic heterocycles. The highest BCUT2D eigenvalue weighted by atomic mass is 16.5. The van der Waals surface area contributed by atoms with Gasteiger partial charge in [-0.25, -0.2) is 0 Å². The first-order valence-electron chi connectivity index (χ1n) is 3.86. The Bertz CT molecular complexity index is 85.8. The van der Waals surface area contributed by atoms with Crippen LogP contribution in [0.15, 0.2) is 0 Å². The number of hydrogen-bond acceptors (Lipinski definition) is 3. The average Bonchev–Trinajstić information content (AvgIpc) is 1.85. The Morgan fingerprint density at radius 1 is 1.09 bits per heavy atom. The smallest absolute Gasteiger partial charge is 0.0707 e. The Hall–Kier alpha value is -0.120. The lowest BCUT2D eigenvalue weighted by atomic mass is 10.2. The van der Waals surface area contributed by atoms with Crippen LogP contribution in [0, 0.1) is 0 Å². The molecule has 0 aromatic rings. The van der Waals surface area contributed by atoms with Gasteiger partial charge in [-0.05, 0) is 20.8 Å². The Morgan fingerprint density at radius 2 is 1.73 bits per heavy atom. The van der Waals surface area contributed by atoms with E-state index in [1.807, 2.05) is 20.8 Å². The summed E-state index contributed by atoms with van der Waals surface area (Å²) in [6, 6.07) is 0. The van der Waals surface area contributed by atoms with E-state index in [0.29, 0.717) is 13.2 Å². The van der Waals surface area contributed by atoms with Gasteiger partial charge in [0.1, 0.15) is 0 Å². The van der Waals surface area contributed by atoms with E-state index < -0.39 is 0 Å². The van der Waals surface area contributed by atoms with Crippen molar-refractivity contribution in [3.05, 3.63) is 0 Å². The molecule has 11 heavy (non-hydrogen) atoms. The summed E-state index contributed by atoms with van der Waals surface area (Å²) in [5.74, 6) is 0. The molecule has 0 bridgehead atoms. The maximum Gasteiger partial charge on any atom is 0.0707 e. The van der Waals surface area contributed by atoms with E-state index >= 15 is 0 Å². The molecule has 68 valence electrons. The summed E-state index contributed by atoms with van der Waals surface area (Å²) in [5.41, 5.74) is -0.110. The molecule has 0 spiro atoms. The van der Waals surface area contributed by atoms with Crippen LogP contribution in [0.2, 0.25) is 0 Å². The second-order valence-electron chi connectivity index (χ2n) is 3.28. The fourth-order valence-corrected chi connectivity index (χ4v) is 0.568. The second kappa shape index (κ2) is 5.52. The Kier molecular flexibility index (Phi) is 5.46. The summed E-state index contributed by atoms with van der Waals surface area (Å²) >= 11 is 0. The van der Waals surface area contributed by atoms with Crippen LogP contribution in [-0.4, -0.2) is 32.0 Å². The summed E-state index contributed by atoms with van der Waals surface area (Å²) in [6.45, 7) is 7.15. The molecule has 0 radical (unpaired) electrons. The van der Waals surface area contributed by atoms with Gasteiger partial charge in [-0.15, -0.1) is 6.61 Å². The van der Waals surface area contributed by atoms with Gasteiger partial charge in [-0.1, -0.05) is 0 Å². The molecule has 0 fully saturated rings. The maximum absolute atomic E-state index is 9.92. The van der Waals surface area contributed by atoms with E-state index in [9.17, 15) is 5.11 Å². The summed E-state index contributed by atoms with van der Waals surface area (Å²) in [7, 11) is 0. The molecule has 0 aromatic carbocycles. The van der Waals surface area contributed by atoms with Gasteiger partial charge in [0.15, 0.2) is 0 Å². The summed E-state index contributed by atoms with van der Waals surface area (Å²) in [5, 5.41) is 9.92. The van der Waals surface area contributed by atoms with Crippen molar-refractivity contribution < 1.29 is 14.6 Å². The standard InChI is InChI=1S/C8H17O3/c1-8(2,3)11-7-6-10-5-4-9/h4-7H2,1-3H3/q-1. The third kappa shape index (κ3) is 9.88. The first-order valence-corrected chi connectivity index (χ1v) is 3.86. The van der Waals surface area contributed by atoms with Crippen molar-refractivity contribution in [2.75, 3.05) is 26.4 Å². The van der Waals surface area contributed by atoms with Gasteiger partial charge in [-0.3, -0.25) is 0 Å². The van der Waals surface area contributed by atoms with Gasteiger partial charge in [0.2, 0.25) is 0 Å². The third-order valence-corrected chi connectivity index (χ3v) is 0.990. The monoisotopic (exact) mass is 161 g/mol. The van der Waals surface area contributed by atoms with Crippen LogP contribution in [0.25, 0.3) is 0 Å². The van der Waals surface area contributed by atoms with Crippen LogP contribution >= 0.6 is 0 Å². The van der Waals surface area contributed by atoms with Gasteiger partial charge in [0.05, 0.1) is 18.8 Å². The van der Waals surface area contributed by atoms with Gasteiger partial charge in [0.25, 0.3) is 0 Å². The summed E-state index contributed by atoms with van der Waals surface area (Å²) in [4.78, 5) is 0. The first kappa shape index (κ1) is 10.9. The van der Waals surface area contributed by atoms with Crippen molar-refractivity contribution in [3.63, 3.8) is 0 Å². The predicted molar refractivity (Wildman–Crippen MR) is 41.4 cm³/mol. The fraction of sp³-hybridized carbons (Fsp3) is 1.00. The molecule has 3 heteroatoms. The lowest BCUT2D eigenvalue weighted by molar-refractivity contribution is -0.374. The topological polar surface area (TPSA) is 41.5 Å². The van der Waals surface area contributed by atoms with E-state index in [1.165, 1.54) is 0 Å². The van der Waals surface area contributed by atoms with E-state index in [2.05, 4.69) is 0 Å². The minimum atomic E-state index is -0.171. The highest BCUT2D eigenvalue weighted by Gasteiger charge is 2.08. The molecule has 0 heterocycles. The van der Waals surface area contributed by atoms with Crippen molar-refractivity contribution >= 4 is 0 Å². The molecule has 0 aliphatic rings. The molecule has 0 rings (SSSR count). The molecule has 0 saturated heterocycles. The van der Waals surface area contributed by atoms with Gasteiger partial charge in [0, 0.05) is 6.61 Å². The number of hydrogen-bond donors (Lipinski definition) is 0. The highest BCUT2D eigenvalue weighted by Crippen LogP contribution is 2.05. The number of ether oxygens (including phenoxy) is 2. The van der Waals surface area contributed by atoms with Crippen molar-refractivity contribution in [3.8, 4) is 0 Å². The van der Waals surface area contributed by atoms with Crippen LogP contribution < -0.4 is 5.11 Å². The molecular weight excluding hydrogens is 144 g/mol. The largest absolute Gasteiger partial charge is 0.853 e. The predicted octanol–water partition coefficient (Wildman–Crippen LogP) is 0.178. The molecule has 0 aliphatic heterocycles. The molecule has 0 N–H and O–H groups in total. The van der Waals surface area contributed by atoms with E-state index in [4.69, 9.17) is 9.47 Å². The van der Waals surface area contributed by atoms with Crippen molar-refractivity contribution in [1.29, 1.82) is 0 Å². The molecule has 0 saturated carbocycles. The van der Waals surface area contributed by atoms with Gasteiger partial charge in [-0.2, -0.15) is 0 Å².